The minimum atomic E-state index is -0.117. The van der Waals surface area contributed by atoms with Gasteiger partial charge in [0.2, 0.25) is 0 Å². The molecule has 0 bridgehead atoms. The van der Waals surface area contributed by atoms with E-state index in [1.165, 1.54) is 0 Å². The molecule has 0 aliphatic rings. The number of nitrogens with zero attached hydrogens (tertiary/aromatic N) is 1. The second-order valence-electron chi connectivity index (χ2n) is 5.48. The van der Waals surface area contributed by atoms with E-state index in [0.29, 0.717) is 28.9 Å². The summed E-state index contributed by atoms with van der Waals surface area (Å²) in [5.74, 6) is 0.400. The van der Waals surface area contributed by atoms with Crippen LogP contribution in [0, 0.1) is 5.41 Å². The molecule has 0 aromatic heterocycles. The summed E-state index contributed by atoms with van der Waals surface area (Å²) in [6.45, 7) is 5.06. The Hall–Kier alpha value is -0.970. The molecule has 20 heavy (non-hydrogen) atoms. The third kappa shape index (κ3) is 5.19. The third-order valence-corrected chi connectivity index (χ3v) is 3.64. The Bertz CT molecular complexity index is 478. The Morgan fingerprint density at radius 3 is 2.55 bits per heavy atom. The molecule has 0 saturated carbocycles. The quantitative estimate of drug-likeness (QED) is 0.877. The van der Waals surface area contributed by atoms with Gasteiger partial charge < -0.3 is 15.4 Å². The molecule has 2 N–H and O–H groups in total. The van der Waals surface area contributed by atoms with E-state index in [0.717, 1.165) is 0 Å². The largest absolute Gasteiger partial charge is 0.484 e. The second kappa shape index (κ2) is 7.16. The maximum Gasteiger partial charge on any atom is 0.260 e. The van der Waals surface area contributed by atoms with Crippen LogP contribution in [0.3, 0.4) is 0 Å². The number of nitrogens with two attached hydrogens (primary N) is 1. The van der Waals surface area contributed by atoms with Crippen molar-refractivity contribution in [1.82, 2.24) is 4.90 Å². The first-order valence-electron chi connectivity index (χ1n) is 6.27. The van der Waals surface area contributed by atoms with Crippen molar-refractivity contribution >= 4 is 29.1 Å². The summed E-state index contributed by atoms with van der Waals surface area (Å²) in [7, 11) is 1.73. The monoisotopic (exact) mass is 318 g/mol. The van der Waals surface area contributed by atoms with E-state index in [2.05, 4.69) is 0 Å². The van der Waals surface area contributed by atoms with Crippen molar-refractivity contribution in [2.24, 2.45) is 11.1 Å². The number of hydrogen-bond donors (Lipinski definition) is 1. The van der Waals surface area contributed by atoms with Gasteiger partial charge in [-0.2, -0.15) is 0 Å². The molecule has 6 heteroatoms. The van der Waals surface area contributed by atoms with Gasteiger partial charge in [0.25, 0.3) is 5.91 Å². The normalized spacial score (nSPS) is 11.3. The van der Waals surface area contributed by atoms with Crippen LogP contribution in [0.5, 0.6) is 5.75 Å². The van der Waals surface area contributed by atoms with Gasteiger partial charge in [-0.3, -0.25) is 4.79 Å². The number of carbonyl (C=O) groups is 1. The molecular weight excluding hydrogens is 299 g/mol. The van der Waals surface area contributed by atoms with Crippen LogP contribution in [-0.4, -0.2) is 37.6 Å². The lowest BCUT2D eigenvalue weighted by Crippen LogP contribution is -2.41. The number of ether oxygens (including phenoxy) is 1. The van der Waals surface area contributed by atoms with Crippen molar-refractivity contribution in [3.63, 3.8) is 0 Å². The van der Waals surface area contributed by atoms with E-state index in [4.69, 9.17) is 33.7 Å². The van der Waals surface area contributed by atoms with Crippen molar-refractivity contribution in [3.05, 3.63) is 28.2 Å². The molecule has 1 aromatic rings. The summed E-state index contributed by atoms with van der Waals surface area (Å²) in [6, 6.07) is 4.89. The molecule has 0 unspecified atom stereocenters. The molecule has 112 valence electrons. The van der Waals surface area contributed by atoms with Crippen LogP contribution in [-0.2, 0) is 4.79 Å². The highest BCUT2D eigenvalue weighted by atomic mass is 35.5. The first-order chi connectivity index (χ1) is 9.25. The fraction of sp³-hybridized carbons (Fsp3) is 0.500. The van der Waals surface area contributed by atoms with Crippen LogP contribution >= 0.6 is 23.2 Å². The maximum absolute atomic E-state index is 12.0. The number of hydrogen-bond acceptors (Lipinski definition) is 3. The minimum Gasteiger partial charge on any atom is -0.484 e. The van der Waals surface area contributed by atoms with Gasteiger partial charge in [-0.05, 0) is 24.1 Å². The number of benzene rings is 1. The molecule has 0 fully saturated rings. The molecule has 1 amide bonds. The van der Waals surface area contributed by atoms with Crippen LogP contribution in [0.25, 0.3) is 0 Å². The number of carbonyl (C=O) groups excluding carboxylic acids is 1. The average Bonchev–Trinajstić information content (AvgIpc) is 2.39. The molecule has 0 saturated heterocycles. The highest BCUT2D eigenvalue weighted by Crippen LogP contribution is 2.26. The Morgan fingerprint density at radius 1 is 1.35 bits per heavy atom. The minimum absolute atomic E-state index is 0.0465. The van der Waals surface area contributed by atoms with E-state index in [1.54, 1.807) is 30.1 Å². The topological polar surface area (TPSA) is 55.6 Å². The van der Waals surface area contributed by atoms with Gasteiger partial charge in [0.15, 0.2) is 6.61 Å². The number of amides is 1. The molecular formula is C14H20Cl2N2O2. The molecule has 0 heterocycles. The summed E-state index contributed by atoms with van der Waals surface area (Å²) in [5, 5.41) is 0.849. The van der Waals surface area contributed by atoms with Gasteiger partial charge in [0, 0.05) is 19.7 Å². The van der Waals surface area contributed by atoms with Crippen LogP contribution in [0.15, 0.2) is 18.2 Å². The zero-order valence-corrected chi connectivity index (χ0v) is 13.5. The van der Waals surface area contributed by atoms with Crippen LogP contribution in [0.4, 0.5) is 0 Å². The molecule has 0 spiro atoms. The smallest absolute Gasteiger partial charge is 0.260 e. The lowest BCUT2D eigenvalue weighted by atomic mass is 9.93. The van der Waals surface area contributed by atoms with Crippen LogP contribution < -0.4 is 10.5 Å². The van der Waals surface area contributed by atoms with Crippen LogP contribution in [0.2, 0.25) is 10.0 Å². The number of halogens is 2. The zero-order valence-electron chi connectivity index (χ0n) is 12.0. The van der Waals surface area contributed by atoms with Gasteiger partial charge in [-0.25, -0.2) is 0 Å². The van der Waals surface area contributed by atoms with Crippen LogP contribution in [0.1, 0.15) is 13.8 Å². The first-order valence-corrected chi connectivity index (χ1v) is 7.02. The average molecular weight is 319 g/mol. The van der Waals surface area contributed by atoms with Gasteiger partial charge in [0.1, 0.15) is 5.75 Å². The van der Waals surface area contributed by atoms with Crippen molar-refractivity contribution in [3.8, 4) is 5.75 Å². The summed E-state index contributed by atoms with van der Waals surface area (Å²) >= 11 is 11.7. The fourth-order valence-electron chi connectivity index (χ4n) is 1.62. The Kier molecular flexibility index (Phi) is 6.11. The molecule has 0 radical (unpaired) electrons. The first kappa shape index (κ1) is 17.1. The van der Waals surface area contributed by atoms with Crippen molar-refractivity contribution in [2.75, 3.05) is 26.7 Å². The highest BCUT2D eigenvalue weighted by Gasteiger charge is 2.21. The van der Waals surface area contributed by atoms with E-state index < -0.39 is 0 Å². The fourth-order valence-corrected chi connectivity index (χ4v) is 1.90. The standard InChI is InChI=1S/C14H20Cl2N2O2/c1-14(2,8-17)9-18(3)13(19)7-20-10-4-5-11(15)12(16)6-10/h4-6H,7-9,17H2,1-3H3. The lowest BCUT2D eigenvalue weighted by Gasteiger charge is -2.29. The molecule has 0 aliphatic carbocycles. The molecule has 1 rings (SSSR count). The number of rotatable bonds is 6. The summed E-state index contributed by atoms with van der Waals surface area (Å²) in [4.78, 5) is 13.6. The van der Waals surface area contributed by atoms with E-state index in [9.17, 15) is 4.79 Å². The summed E-state index contributed by atoms with van der Waals surface area (Å²) < 4.78 is 5.41. The summed E-state index contributed by atoms with van der Waals surface area (Å²) in [5.41, 5.74) is 5.54. The Morgan fingerprint density at radius 2 is 2.00 bits per heavy atom. The predicted molar refractivity (Wildman–Crippen MR) is 82.4 cm³/mol. The molecule has 0 aliphatic heterocycles. The number of likely N-dealkylation sites (N-methyl/N-ethyl adjacent to an activating group) is 1. The van der Waals surface area contributed by atoms with Crippen molar-refractivity contribution in [2.45, 2.75) is 13.8 Å². The SMILES string of the molecule is CN(CC(C)(C)CN)C(=O)COc1ccc(Cl)c(Cl)c1. The van der Waals surface area contributed by atoms with Crippen molar-refractivity contribution < 1.29 is 9.53 Å². The maximum atomic E-state index is 12.0. The lowest BCUT2D eigenvalue weighted by molar-refractivity contribution is -0.133. The highest BCUT2D eigenvalue weighted by molar-refractivity contribution is 6.42. The van der Waals surface area contributed by atoms with Gasteiger partial charge in [-0.1, -0.05) is 37.0 Å². The zero-order chi connectivity index (χ0) is 15.3. The predicted octanol–water partition coefficient (Wildman–Crippen LogP) is 2.82. The van der Waals surface area contributed by atoms with E-state index in [1.807, 2.05) is 13.8 Å². The van der Waals surface area contributed by atoms with Gasteiger partial charge in [0.05, 0.1) is 10.0 Å². The molecule has 1 aromatic carbocycles. The molecule has 0 atom stereocenters. The van der Waals surface area contributed by atoms with E-state index in [-0.39, 0.29) is 17.9 Å². The van der Waals surface area contributed by atoms with Gasteiger partial charge >= 0.3 is 0 Å². The van der Waals surface area contributed by atoms with E-state index >= 15 is 0 Å². The van der Waals surface area contributed by atoms with Gasteiger partial charge in [-0.15, -0.1) is 0 Å². The second-order valence-corrected chi connectivity index (χ2v) is 6.30. The third-order valence-electron chi connectivity index (χ3n) is 2.90. The molecule has 4 nitrogen and oxygen atoms in total. The Labute approximate surface area is 129 Å². The summed E-state index contributed by atoms with van der Waals surface area (Å²) in [6.07, 6.45) is 0. The Balaban J connectivity index is 2.52. The van der Waals surface area contributed by atoms with Crippen molar-refractivity contribution in [1.29, 1.82) is 0 Å².